The number of aromatic nitrogens is 3. The number of anilines is 3. The van der Waals surface area contributed by atoms with Crippen LogP contribution in [0.15, 0.2) is 54.7 Å². The summed E-state index contributed by atoms with van der Waals surface area (Å²) in [6.07, 6.45) is 1.72. The third-order valence-electron chi connectivity index (χ3n) is 4.42. The summed E-state index contributed by atoms with van der Waals surface area (Å²) < 4.78 is 0. The summed E-state index contributed by atoms with van der Waals surface area (Å²) in [5.41, 5.74) is 4.69. The fourth-order valence-corrected chi connectivity index (χ4v) is 2.74. The standard InChI is InChI=1S/C21H25N5/c1-15(2)26(14-18-8-6-5-7-9-18)20-13-22-25-21(24-20)23-19-11-10-16(3)17(4)12-19/h5-13,15H,14H2,1-4H3,(H,23,24,25). The van der Waals surface area contributed by atoms with Crippen molar-refractivity contribution in [2.75, 3.05) is 10.2 Å². The summed E-state index contributed by atoms with van der Waals surface area (Å²) in [5.74, 6) is 1.31. The number of nitrogens with zero attached hydrogens (tertiary/aromatic N) is 4. The van der Waals surface area contributed by atoms with Gasteiger partial charge in [0, 0.05) is 18.3 Å². The van der Waals surface area contributed by atoms with Gasteiger partial charge in [-0.3, -0.25) is 0 Å². The number of nitrogens with one attached hydrogen (secondary N) is 1. The highest BCUT2D eigenvalue weighted by molar-refractivity contribution is 5.56. The van der Waals surface area contributed by atoms with Crippen molar-refractivity contribution < 1.29 is 0 Å². The number of hydrogen-bond acceptors (Lipinski definition) is 5. The molecule has 0 aliphatic heterocycles. The summed E-state index contributed by atoms with van der Waals surface area (Å²) in [4.78, 5) is 6.90. The average Bonchev–Trinajstić information content (AvgIpc) is 2.64. The molecular weight excluding hydrogens is 322 g/mol. The number of benzene rings is 2. The summed E-state index contributed by atoms with van der Waals surface area (Å²) >= 11 is 0. The molecule has 134 valence electrons. The van der Waals surface area contributed by atoms with Gasteiger partial charge in [-0.15, -0.1) is 5.10 Å². The minimum atomic E-state index is 0.293. The Bertz CT molecular complexity index is 861. The second kappa shape index (κ2) is 7.95. The van der Waals surface area contributed by atoms with Crippen molar-refractivity contribution in [1.29, 1.82) is 0 Å². The molecule has 0 amide bonds. The molecule has 5 heteroatoms. The third-order valence-corrected chi connectivity index (χ3v) is 4.42. The third kappa shape index (κ3) is 4.36. The lowest BCUT2D eigenvalue weighted by molar-refractivity contribution is 0.668. The van der Waals surface area contributed by atoms with Crippen LogP contribution < -0.4 is 10.2 Å². The highest BCUT2D eigenvalue weighted by Crippen LogP contribution is 2.21. The second-order valence-electron chi connectivity index (χ2n) is 6.77. The topological polar surface area (TPSA) is 53.9 Å². The van der Waals surface area contributed by atoms with Gasteiger partial charge in [-0.05, 0) is 56.5 Å². The molecule has 0 radical (unpaired) electrons. The van der Waals surface area contributed by atoms with E-state index in [1.54, 1.807) is 6.20 Å². The van der Waals surface area contributed by atoms with Crippen LogP contribution in [-0.2, 0) is 6.54 Å². The van der Waals surface area contributed by atoms with Crippen molar-refractivity contribution in [3.8, 4) is 0 Å². The summed E-state index contributed by atoms with van der Waals surface area (Å²) in [6.45, 7) is 9.28. The van der Waals surface area contributed by atoms with Crippen LogP contribution in [0.25, 0.3) is 0 Å². The quantitative estimate of drug-likeness (QED) is 0.703. The SMILES string of the molecule is Cc1ccc(Nc2nncc(N(Cc3ccccc3)C(C)C)n2)cc1C. The van der Waals surface area contributed by atoms with Crippen molar-refractivity contribution in [3.63, 3.8) is 0 Å². The molecule has 26 heavy (non-hydrogen) atoms. The second-order valence-corrected chi connectivity index (χ2v) is 6.77. The van der Waals surface area contributed by atoms with Crippen molar-refractivity contribution in [1.82, 2.24) is 15.2 Å². The highest BCUT2D eigenvalue weighted by atomic mass is 15.3. The molecule has 0 saturated carbocycles. The van der Waals surface area contributed by atoms with Crippen molar-refractivity contribution >= 4 is 17.5 Å². The van der Waals surface area contributed by atoms with E-state index >= 15 is 0 Å². The Morgan fingerprint density at radius 1 is 1.00 bits per heavy atom. The first-order valence-corrected chi connectivity index (χ1v) is 8.87. The Kier molecular flexibility index (Phi) is 5.46. The van der Waals surface area contributed by atoms with Gasteiger partial charge in [-0.25, -0.2) is 0 Å². The molecule has 0 atom stereocenters. The van der Waals surface area contributed by atoms with E-state index in [1.165, 1.54) is 16.7 Å². The predicted molar refractivity (Wildman–Crippen MR) is 107 cm³/mol. The smallest absolute Gasteiger partial charge is 0.249 e. The number of rotatable bonds is 6. The molecule has 0 saturated heterocycles. The van der Waals surface area contributed by atoms with Crippen molar-refractivity contribution in [2.24, 2.45) is 0 Å². The molecule has 0 bridgehead atoms. The van der Waals surface area contributed by atoms with E-state index in [2.05, 4.69) is 89.5 Å². The van der Waals surface area contributed by atoms with Gasteiger partial charge in [0.05, 0.1) is 6.20 Å². The van der Waals surface area contributed by atoms with Crippen molar-refractivity contribution in [2.45, 2.75) is 40.3 Å². The summed E-state index contributed by atoms with van der Waals surface area (Å²) in [5, 5.41) is 11.5. The maximum atomic E-state index is 4.68. The van der Waals surface area contributed by atoms with Crippen LogP contribution >= 0.6 is 0 Å². The average molecular weight is 347 g/mol. The van der Waals surface area contributed by atoms with E-state index in [1.807, 2.05) is 12.1 Å². The normalized spacial score (nSPS) is 10.8. The summed E-state index contributed by atoms with van der Waals surface area (Å²) in [7, 11) is 0. The van der Waals surface area contributed by atoms with Crippen LogP contribution in [0.5, 0.6) is 0 Å². The first-order chi connectivity index (χ1) is 12.5. The Hall–Kier alpha value is -2.95. The lowest BCUT2D eigenvalue weighted by Gasteiger charge is -2.27. The Labute approximate surface area is 155 Å². The van der Waals surface area contributed by atoms with E-state index in [0.717, 1.165) is 18.1 Å². The molecule has 0 fully saturated rings. The van der Waals surface area contributed by atoms with Gasteiger partial charge in [0.2, 0.25) is 5.95 Å². The Morgan fingerprint density at radius 2 is 1.77 bits per heavy atom. The zero-order valence-electron chi connectivity index (χ0n) is 15.8. The van der Waals surface area contributed by atoms with Crippen LogP contribution in [-0.4, -0.2) is 21.2 Å². The van der Waals surface area contributed by atoms with Crippen LogP contribution in [0.4, 0.5) is 17.5 Å². The van der Waals surface area contributed by atoms with E-state index < -0.39 is 0 Å². The zero-order valence-corrected chi connectivity index (χ0v) is 15.8. The first kappa shape index (κ1) is 17.9. The monoisotopic (exact) mass is 347 g/mol. The van der Waals surface area contributed by atoms with E-state index in [4.69, 9.17) is 0 Å². The Balaban J connectivity index is 1.82. The van der Waals surface area contributed by atoms with Crippen LogP contribution in [0.2, 0.25) is 0 Å². The minimum absolute atomic E-state index is 0.293. The van der Waals surface area contributed by atoms with Gasteiger partial charge in [-0.1, -0.05) is 36.4 Å². The fourth-order valence-electron chi connectivity index (χ4n) is 2.74. The zero-order chi connectivity index (χ0) is 18.5. The van der Waals surface area contributed by atoms with E-state index in [-0.39, 0.29) is 0 Å². The van der Waals surface area contributed by atoms with Crippen molar-refractivity contribution in [3.05, 3.63) is 71.4 Å². The van der Waals surface area contributed by atoms with Crippen LogP contribution in [0.3, 0.4) is 0 Å². The van der Waals surface area contributed by atoms with Crippen LogP contribution in [0.1, 0.15) is 30.5 Å². The van der Waals surface area contributed by atoms with E-state index in [9.17, 15) is 0 Å². The minimum Gasteiger partial charge on any atom is -0.348 e. The molecule has 1 heterocycles. The molecule has 3 aromatic rings. The van der Waals surface area contributed by atoms with Gasteiger partial charge >= 0.3 is 0 Å². The molecule has 1 aromatic heterocycles. The largest absolute Gasteiger partial charge is 0.348 e. The van der Waals surface area contributed by atoms with Gasteiger partial charge in [0.25, 0.3) is 0 Å². The number of hydrogen-bond donors (Lipinski definition) is 1. The predicted octanol–water partition coefficient (Wildman–Crippen LogP) is 4.65. The molecule has 5 nitrogen and oxygen atoms in total. The first-order valence-electron chi connectivity index (χ1n) is 8.87. The molecule has 0 aliphatic rings. The lowest BCUT2D eigenvalue weighted by atomic mass is 10.1. The molecule has 0 aliphatic carbocycles. The Morgan fingerprint density at radius 3 is 2.46 bits per heavy atom. The van der Waals surface area contributed by atoms with Gasteiger partial charge in [-0.2, -0.15) is 10.1 Å². The summed E-state index contributed by atoms with van der Waals surface area (Å²) in [6, 6.07) is 16.9. The highest BCUT2D eigenvalue weighted by Gasteiger charge is 2.14. The molecule has 1 N–H and O–H groups in total. The number of aryl methyl sites for hydroxylation is 2. The fraction of sp³-hybridized carbons (Fsp3) is 0.286. The van der Waals surface area contributed by atoms with Gasteiger partial charge < -0.3 is 10.2 Å². The molecule has 2 aromatic carbocycles. The lowest BCUT2D eigenvalue weighted by Crippen LogP contribution is -2.31. The van der Waals surface area contributed by atoms with Crippen LogP contribution in [0, 0.1) is 13.8 Å². The maximum absolute atomic E-state index is 4.68. The van der Waals surface area contributed by atoms with Gasteiger partial charge in [0.15, 0.2) is 5.82 Å². The molecule has 3 rings (SSSR count). The molecule has 0 spiro atoms. The molecular formula is C21H25N5. The maximum Gasteiger partial charge on any atom is 0.249 e. The van der Waals surface area contributed by atoms with E-state index in [0.29, 0.717) is 12.0 Å². The molecule has 0 unspecified atom stereocenters. The van der Waals surface area contributed by atoms with Gasteiger partial charge in [0.1, 0.15) is 0 Å².